The molecule has 3 rings (SSSR count). The van der Waals surface area contributed by atoms with Crippen molar-refractivity contribution in [2.24, 2.45) is 4.99 Å². The lowest BCUT2D eigenvalue weighted by molar-refractivity contribution is 0.0734. The Morgan fingerprint density at radius 1 is 0.966 bits per heavy atom. The van der Waals surface area contributed by atoms with Gasteiger partial charge in [0.15, 0.2) is 0 Å². The van der Waals surface area contributed by atoms with Gasteiger partial charge in [0.05, 0.1) is 17.9 Å². The summed E-state index contributed by atoms with van der Waals surface area (Å²) in [7, 11) is 0. The smallest absolute Gasteiger partial charge is 0.343 e. The molecule has 0 atom stereocenters. The van der Waals surface area contributed by atoms with Gasteiger partial charge in [-0.15, -0.1) is 0 Å². The first kappa shape index (κ1) is 20.8. The number of nitrogens with zero attached hydrogens (tertiary/aromatic N) is 1. The molecule has 150 valence electrons. The SMILES string of the molecule is CCCCCCOc1ccc(C(=O)Oc2ccc(N=Cc3ccsc3)cc2)cc1. The molecule has 0 saturated heterocycles. The number of benzene rings is 2. The third-order valence-corrected chi connectivity index (χ3v) is 5.01. The fourth-order valence-corrected chi connectivity index (χ4v) is 3.28. The van der Waals surface area contributed by atoms with E-state index < -0.39 is 5.97 Å². The van der Waals surface area contributed by atoms with Crippen molar-refractivity contribution < 1.29 is 14.3 Å². The highest BCUT2D eigenvalue weighted by atomic mass is 32.1. The summed E-state index contributed by atoms with van der Waals surface area (Å²) in [4.78, 5) is 16.7. The molecule has 5 heteroatoms. The lowest BCUT2D eigenvalue weighted by Gasteiger charge is -2.07. The maximum atomic E-state index is 12.3. The van der Waals surface area contributed by atoms with E-state index in [1.54, 1.807) is 47.7 Å². The number of hydrogen-bond donors (Lipinski definition) is 0. The standard InChI is InChI=1S/C24H25NO3S/c1-2-3-4-5-15-27-22-10-6-20(7-11-22)24(26)28-23-12-8-21(9-13-23)25-17-19-14-16-29-18-19/h6-14,16-18H,2-5,15H2,1H3. The maximum absolute atomic E-state index is 12.3. The average molecular weight is 408 g/mol. The van der Waals surface area contributed by atoms with Gasteiger partial charge in [-0.1, -0.05) is 26.2 Å². The molecular formula is C24H25NO3S. The largest absolute Gasteiger partial charge is 0.494 e. The number of unbranched alkanes of at least 4 members (excludes halogenated alkanes) is 3. The number of thiophene rings is 1. The zero-order valence-electron chi connectivity index (χ0n) is 16.5. The van der Waals surface area contributed by atoms with Crippen molar-refractivity contribution in [3.05, 3.63) is 76.5 Å². The summed E-state index contributed by atoms with van der Waals surface area (Å²) in [5.41, 5.74) is 2.36. The Kier molecular flexibility index (Phi) is 8.01. The third kappa shape index (κ3) is 6.88. The van der Waals surface area contributed by atoms with E-state index in [0.29, 0.717) is 17.9 Å². The van der Waals surface area contributed by atoms with Gasteiger partial charge in [-0.3, -0.25) is 4.99 Å². The molecule has 0 spiro atoms. The molecule has 1 aromatic heterocycles. The molecule has 0 unspecified atom stereocenters. The van der Waals surface area contributed by atoms with E-state index in [1.165, 1.54) is 19.3 Å². The Labute approximate surface area is 175 Å². The number of carbonyl (C=O) groups is 1. The van der Waals surface area contributed by atoms with E-state index in [2.05, 4.69) is 11.9 Å². The first-order chi connectivity index (χ1) is 14.2. The Hall–Kier alpha value is -2.92. The Morgan fingerprint density at radius 2 is 1.72 bits per heavy atom. The number of rotatable bonds is 10. The molecular weight excluding hydrogens is 382 g/mol. The van der Waals surface area contributed by atoms with E-state index in [4.69, 9.17) is 9.47 Å². The first-order valence-corrected chi connectivity index (χ1v) is 10.8. The number of hydrogen-bond acceptors (Lipinski definition) is 5. The van der Waals surface area contributed by atoms with Crippen molar-refractivity contribution in [1.29, 1.82) is 0 Å². The van der Waals surface area contributed by atoms with Gasteiger partial charge in [0.2, 0.25) is 0 Å². The number of ether oxygens (including phenoxy) is 2. The van der Waals surface area contributed by atoms with Gasteiger partial charge in [0.1, 0.15) is 11.5 Å². The van der Waals surface area contributed by atoms with E-state index in [1.807, 2.05) is 35.2 Å². The Morgan fingerprint density at radius 3 is 2.41 bits per heavy atom. The van der Waals surface area contributed by atoms with Crippen LogP contribution in [0, 0.1) is 0 Å². The lowest BCUT2D eigenvalue weighted by Crippen LogP contribution is -2.08. The molecule has 0 fully saturated rings. The van der Waals surface area contributed by atoms with Crippen LogP contribution in [0.2, 0.25) is 0 Å². The molecule has 4 nitrogen and oxygen atoms in total. The predicted molar refractivity (Wildman–Crippen MR) is 119 cm³/mol. The highest BCUT2D eigenvalue weighted by Crippen LogP contribution is 2.20. The topological polar surface area (TPSA) is 47.9 Å². The van der Waals surface area contributed by atoms with Crippen molar-refractivity contribution in [3.8, 4) is 11.5 Å². The van der Waals surface area contributed by atoms with Crippen molar-refractivity contribution >= 4 is 29.2 Å². The van der Waals surface area contributed by atoms with Crippen LogP contribution in [0.3, 0.4) is 0 Å². The van der Waals surface area contributed by atoms with Crippen molar-refractivity contribution in [2.75, 3.05) is 6.61 Å². The van der Waals surface area contributed by atoms with Crippen LogP contribution >= 0.6 is 11.3 Å². The number of aliphatic imine (C=N–C) groups is 1. The summed E-state index contributed by atoms with van der Waals surface area (Å²) in [6.07, 6.45) is 6.48. The minimum absolute atomic E-state index is 0.394. The third-order valence-electron chi connectivity index (χ3n) is 4.31. The van der Waals surface area contributed by atoms with E-state index in [-0.39, 0.29) is 0 Å². The van der Waals surface area contributed by atoms with Gasteiger partial charge >= 0.3 is 5.97 Å². The molecule has 0 amide bonds. The highest BCUT2D eigenvalue weighted by Gasteiger charge is 2.09. The van der Waals surface area contributed by atoms with Crippen LogP contribution < -0.4 is 9.47 Å². The van der Waals surface area contributed by atoms with Crippen LogP contribution in [-0.4, -0.2) is 18.8 Å². The van der Waals surface area contributed by atoms with Crippen LogP contribution in [-0.2, 0) is 0 Å². The zero-order valence-corrected chi connectivity index (χ0v) is 17.4. The first-order valence-electron chi connectivity index (χ1n) is 9.86. The molecule has 0 saturated carbocycles. The molecule has 3 aromatic rings. The second-order valence-corrected chi connectivity index (χ2v) is 7.41. The van der Waals surface area contributed by atoms with Crippen LogP contribution in [0.1, 0.15) is 48.5 Å². The van der Waals surface area contributed by atoms with Crippen LogP contribution in [0.4, 0.5) is 5.69 Å². The van der Waals surface area contributed by atoms with Crippen molar-refractivity contribution in [2.45, 2.75) is 32.6 Å². The summed E-state index contributed by atoms with van der Waals surface area (Å²) in [5, 5.41) is 4.04. The molecule has 0 N–H and O–H groups in total. The Balaban J connectivity index is 1.49. The fraction of sp³-hybridized carbons (Fsp3) is 0.250. The molecule has 29 heavy (non-hydrogen) atoms. The highest BCUT2D eigenvalue weighted by molar-refractivity contribution is 7.08. The fourth-order valence-electron chi connectivity index (χ4n) is 2.67. The summed E-state index contributed by atoms with van der Waals surface area (Å²) in [6.45, 7) is 2.89. The molecule has 1 heterocycles. The molecule has 0 bridgehead atoms. The number of carbonyl (C=O) groups excluding carboxylic acids is 1. The average Bonchev–Trinajstić information content (AvgIpc) is 3.27. The lowest BCUT2D eigenvalue weighted by atomic mass is 10.2. The second kappa shape index (κ2) is 11.2. The van der Waals surface area contributed by atoms with Gasteiger partial charge < -0.3 is 9.47 Å². The summed E-state index contributed by atoms with van der Waals surface area (Å²) in [5.74, 6) is 0.862. The van der Waals surface area contributed by atoms with Crippen LogP contribution in [0.25, 0.3) is 0 Å². The normalized spacial score (nSPS) is 10.9. The molecule has 0 aliphatic carbocycles. The van der Waals surface area contributed by atoms with E-state index in [0.717, 1.165) is 23.4 Å². The summed E-state index contributed by atoms with van der Waals surface area (Å²) in [6, 6.07) is 16.2. The monoisotopic (exact) mass is 407 g/mol. The molecule has 0 radical (unpaired) electrons. The van der Waals surface area contributed by atoms with Crippen molar-refractivity contribution in [3.63, 3.8) is 0 Å². The quantitative estimate of drug-likeness (QED) is 0.163. The molecule has 0 aliphatic rings. The summed E-state index contributed by atoms with van der Waals surface area (Å²) >= 11 is 1.63. The summed E-state index contributed by atoms with van der Waals surface area (Å²) < 4.78 is 11.1. The molecule has 0 aliphatic heterocycles. The molecule has 2 aromatic carbocycles. The van der Waals surface area contributed by atoms with Crippen molar-refractivity contribution in [1.82, 2.24) is 0 Å². The van der Waals surface area contributed by atoms with Gasteiger partial charge in [-0.05, 0) is 71.8 Å². The van der Waals surface area contributed by atoms with Crippen LogP contribution in [0.5, 0.6) is 11.5 Å². The van der Waals surface area contributed by atoms with Gasteiger partial charge in [0.25, 0.3) is 0 Å². The number of esters is 1. The van der Waals surface area contributed by atoms with E-state index >= 15 is 0 Å². The van der Waals surface area contributed by atoms with Crippen LogP contribution in [0.15, 0.2) is 70.3 Å². The van der Waals surface area contributed by atoms with E-state index in [9.17, 15) is 4.79 Å². The Bertz CT molecular complexity index is 900. The zero-order chi connectivity index (χ0) is 20.3. The predicted octanol–water partition coefficient (Wildman–Crippen LogP) is 6.68. The minimum Gasteiger partial charge on any atom is -0.494 e. The maximum Gasteiger partial charge on any atom is 0.343 e. The minimum atomic E-state index is -0.394. The van der Waals surface area contributed by atoms with Gasteiger partial charge in [-0.2, -0.15) is 11.3 Å². The van der Waals surface area contributed by atoms with Gasteiger partial charge in [-0.25, -0.2) is 4.79 Å². The van der Waals surface area contributed by atoms with Gasteiger partial charge in [0, 0.05) is 11.8 Å². The second-order valence-electron chi connectivity index (χ2n) is 6.63.